The Morgan fingerprint density at radius 2 is 1.67 bits per heavy atom. The third kappa shape index (κ3) is 3.78. The molecule has 1 amide bonds. The molecule has 0 saturated carbocycles. The van der Waals surface area contributed by atoms with E-state index in [0.717, 1.165) is 4.68 Å². The van der Waals surface area contributed by atoms with Gasteiger partial charge in [-0.15, -0.1) is 4.83 Å². The molecule has 30 heavy (non-hydrogen) atoms. The van der Waals surface area contributed by atoms with Gasteiger partial charge in [-0.1, -0.05) is 18.2 Å². The normalized spacial score (nSPS) is 11.8. The summed E-state index contributed by atoms with van der Waals surface area (Å²) in [4.78, 5) is 25.5. The summed E-state index contributed by atoms with van der Waals surface area (Å²) < 4.78 is 65.7. The van der Waals surface area contributed by atoms with Gasteiger partial charge in [0.25, 0.3) is 21.5 Å². The van der Waals surface area contributed by atoms with E-state index in [-0.39, 0.29) is 16.5 Å². The quantitative estimate of drug-likeness (QED) is 0.466. The molecule has 8 nitrogen and oxygen atoms in total. The highest BCUT2D eigenvalue weighted by Crippen LogP contribution is 2.19. The number of nitrogens with one attached hydrogen (secondary N) is 2. The number of aromatic nitrogens is 2. The van der Waals surface area contributed by atoms with E-state index in [4.69, 9.17) is 0 Å². The first-order valence-corrected chi connectivity index (χ1v) is 10.00. The van der Waals surface area contributed by atoms with Crippen molar-refractivity contribution < 1.29 is 26.4 Å². The maximum absolute atomic E-state index is 13.8. The Morgan fingerprint density at radius 1 is 1.03 bits per heavy atom. The topological polar surface area (TPSA) is 110 Å². The van der Waals surface area contributed by atoms with Crippen molar-refractivity contribution in [3.05, 3.63) is 69.9 Å². The second-order valence-corrected chi connectivity index (χ2v) is 8.12. The summed E-state index contributed by atoms with van der Waals surface area (Å²) in [5, 5.41) is 4.33. The predicted molar refractivity (Wildman–Crippen MR) is 100 cm³/mol. The molecule has 0 radical (unpaired) electrons. The van der Waals surface area contributed by atoms with Crippen LogP contribution in [-0.2, 0) is 10.0 Å². The smallest absolute Gasteiger partial charge is 0.272 e. The van der Waals surface area contributed by atoms with E-state index in [1.54, 1.807) is 30.8 Å². The fraction of sp³-hybridized carbons (Fsp3) is 0.167. The lowest BCUT2D eigenvalue weighted by Gasteiger charge is -2.14. The largest absolute Gasteiger partial charge is 0.287 e. The van der Waals surface area contributed by atoms with Gasteiger partial charge < -0.3 is 0 Å². The van der Waals surface area contributed by atoms with Crippen LogP contribution in [0.1, 0.15) is 30.4 Å². The number of hydrazine groups is 1. The maximum Gasteiger partial charge on any atom is 0.287 e. The monoisotopic (exact) mass is 440 g/mol. The molecule has 0 fully saturated rings. The zero-order valence-electron chi connectivity index (χ0n) is 15.6. The molecule has 0 aliphatic rings. The van der Waals surface area contributed by atoms with Gasteiger partial charge in [0, 0.05) is 5.39 Å². The summed E-state index contributed by atoms with van der Waals surface area (Å²) in [5.41, 5.74) is 1.13. The van der Waals surface area contributed by atoms with Gasteiger partial charge in [0.1, 0.15) is 4.90 Å². The van der Waals surface area contributed by atoms with Gasteiger partial charge in [-0.05, 0) is 32.0 Å². The van der Waals surface area contributed by atoms with Gasteiger partial charge in [0.2, 0.25) is 0 Å². The zero-order valence-corrected chi connectivity index (χ0v) is 16.4. The van der Waals surface area contributed by atoms with Crippen LogP contribution in [0.15, 0.2) is 46.1 Å². The summed E-state index contributed by atoms with van der Waals surface area (Å²) in [5.74, 6) is -6.52. The molecule has 1 heterocycles. The molecule has 2 N–H and O–H groups in total. The number of carbonyl (C=O) groups is 1. The summed E-state index contributed by atoms with van der Waals surface area (Å²) in [7, 11) is -4.78. The van der Waals surface area contributed by atoms with E-state index >= 15 is 0 Å². The number of nitrogens with zero attached hydrogens (tertiary/aromatic N) is 2. The molecule has 0 aliphatic carbocycles. The van der Waals surface area contributed by atoms with Gasteiger partial charge >= 0.3 is 0 Å². The Kier molecular flexibility index (Phi) is 5.63. The number of amides is 1. The fourth-order valence-corrected chi connectivity index (χ4v) is 3.58. The molecule has 12 heteroatoms. The number of hydrogen-bond acceptors (Lipinski definition) is 5. The minimum absolute atomic E-state index is 0.162. The molecule has 3 rings (SSSR count). The lowest BCUT2D eigenvalue weighted by atomic mass is 10.1. The van der Waals surface area contributed by atoms with E-state index in [0.29, 0.717) is 12.1 Å². The maximum atomic E-state index is 13.8. The highest BCUT2D eigenvalue weighted by atomic mass is 32.2. The fourth-order valence-electron chi connectivity index (χ4n) is 2.67. The van der Waals surface area contributed by atoms with E-state index in [9.17, 15) is 31.2 Å². The van der Waals surface area contributed by atoms with Crippen LogP contribution in [0.3, 0.4) is 0 Å². The van der Waals surface area contributed by atoms with Crippen LogP contribution >= 0.6 is 0 Å². The van der Waals surface area contributed by atoms with Crippen LogP contribution < -0.4 is 15.8 Å². The second-order valence-electron chi connectivity index (χ2n) is 6.47. The van der Waals surface area contributed by atoms with Crippen molar-refractivity contribution in [2.75, 3.05) is 0 Å². The van der Waals surface area contributed by atoms with Gasteiger partial charge in [-0.25, -0.2) is 26.3 Å². The number of fused-ring (bicyclic) bond motifs is 1. The number of hydrogen-bond donors (Lipinski definition) is 2. The summed E-state index contributed by atoms with van der Waals surface area (Å²) in [6, 6.07) is 6.62. The summed E-state index contributed by atoms with van der Waals surface area (Å²) in [6.07, 6.45) is 0. The standard InChI is InChI=1S/C18H15F3N4O4S/c1-9(2)25-18(27)11-6-4-3-5-10(11)16(23-25)17(26)22-24-30(28,29)13-8-7-12(19)14(20)15(13)21/h3-9,24H,1-2H3,(H,22,26). The summed E-state index contributed by atoms with van der Waals surface area (Å²) >= 11 is 0. The summed E-state index contributed by atoms with van der Waals surface area (Å²) in [6.45, 7) is 3.33. The van der Waals surface area contributed by atoms with E-state index < -0.39 is 49.9 Å². The van der Waals surface area contributed by atoms with Crippen molar-refractivity contribution >= 4 is 26.7 Å². The van der Waals surface area contributed by atoms with Crippen molar-refractivity contribution in [1.82, 2.24) is 20.0 Å². The first-order valence-electron chi connectivity index (χ1n) is 8.51. The molecule has 0 atom stereocenters. The molecule has 3 aromatic rings. The van der Waals surface area contributed by atoms with Gasteiger partial charge in [0.15, 0.2) is 23.1 Å². The Balaban J connectivity index is 1.97. The van der Waals surface area contributed by atoms with Crippen LogP contribution in [-0.4, -0.2) is 24.1 Å². The molecule has 0 aliphatic heterocycles. The lowest BCUT2D eigenvalue weighted by Crippen LogP contribution is -2.43. The van der Waals surface area contributed by atoms with Gasteiger partial charge in [0.05, 0.1) is 11.4 Å². The van der Waals surface area contributed by atoms with Crippen molar-refractivity contribution in [2.24, 2.45) is 0 Å². The number of rotatable bonds is 5. The molecule has 2 aromatic carbocycles. The number of sulfonamides is 1. The van der Waals surface area contributed by atoms with Crippen LogP contribution in [0.25, 0.3) is 10.8 Å². The molecular formula is C18H15F3N4O4S. The van der Waals surface area contributed by atoms with Crippen LogP contribution in [0.2, 0.25) is 0 Å². The van der Waals surface area contributed by atoms with Crippen molar-refractivity contribution in [3.8, 4) is 0 Å². The second kappa shape index (κ2) is 7.88. The van der Waals surface area contributed by atoms with Crippen molar-refractivity contribution in [2.45, 2.75) is 24.8 Å². The van der Waals surface area contributed by atoms with Crippen LogP contribution in [0, 0.1) is 17.5 Å². The zero-order chi connectivity index (χ0) is 22.2. The lowest BCUT2D eigenvalue weighted by molar-refractivity contribution is 0.0939. The van der Waals surface area contributed by atoms with Gasteiger partial charge in [-0.3, -0.25) is 15.0 Å². The number of halogens is 3. The van der Waals surface area contributed by atoms with Crippen LogP contribution in [0.5, 0.6) is 0 Å². The highest BCUT2D eigenvalue weighted by Gasteiger charge is 2.25. The first kappa shape index (κ1) is 21.5. The Morgan fingerprint density at radius 3 is 2.30 bits per heavy atom. The first-order chi connectivity index (χ1) is 14.0. The number of carbonyl (C=O) groups excluding carboxylic acids is 1. The highest BCUT2D eigenvalue weighted by molar-refractivity contribution is 7.89. The van der Waals surface area contributed by atoms with Crippen molar-refractivity contribution in [1.29, 1.82) is 0 Å². The van der Waals surface area contributed by atoms with Crippen LogP contribution in [0.4, 0.5) is 13.2 Å². The van der Waals surface area contributed by atoms with Crippen molar-refractivity contribution in [3.63, 3.8) is 0 Å². The minimum atomic E-state index is -4.78. The molecule has 1 aromatic heterocycles. The van der Waals surface area contributed by atoms with E-state index in [1.165, 1.54) is 12.1 Å². The Labute approximate surface area is 168 Å². The molecule has 0 saturated heterocycles. The molecule has 158 valence electrons. The molecule has 0 bridgehead atoms. The Bertz CT molecular complexity index is 1320. The number of benzene rings is 2. The molecule has 0 unspecified atom stereocenters. The molecular weight excluding hydrogens is 425 g/mol. The third-order valence-electron chi connectivity index (χ3n) is 4.12. The third-order valence-corrected chi connectivity index (χ3v) is 5.39. The predicted octanol–water partition coefficient (Wildman–Crippen LogP) is 2.02. The molecule has 0 spiro atoms. The SMILES string of the molecule is CC(C)n1nc(C(=O)NNS(=O)(=O)c2ccc(F)c(F)c2F)c2ccccc2c1=O. The van der Waals surface area contributed by atoms with Gasteiger partial charge in [-0.2, -0.15) is 5.10 Å². The van der Waals surface area contributed by atoms with E-state index in [2.05, 4.69) is 5.10 Å². The average molecular weight is 440 g/mol. The minimum Gasteiger partial charge on any atom is -0.272 e. The average Bonchev–Trinajstić information content (AvgIpc) is 2.70. The van der Waals surface area contributed by atoms with E-state index in [1.807, 2.05) is 5.43 Å². The Hall–Kier alpha value is -3.25.